The van der Waals surface area contributed by atoms with Crippen LogP contribution in [0.3, 0.4) is 0 Å². The van der Waals surface area contributed by atoms with Gasteiger partial charge < -0.3 is 87.9 Å². The van der Waals surface area contributed by atoms with Crippen molar-refractivity contribution in [3.05, 3.63) is 28.3 Å². The van der Waals surface area contributed by atoms with Crippen LogP contribution in [0.15, 0.2) is 6.07 Å². The van der Waals surface area contributed by atoms with Crippen LogP contribution in [0.2, 0.25) is 0 Å². The first-order valence-corrected chi connectivity index (χ1v) is 20.5. The largest absolute Gasteiger partial charge is 0.506 e. The number of phenols is 1. The summed E-state index contributed by atoms with van der Waals surface area (Å²) >= 11 is 0. The van der Waals surface area contributed by atoms with Crippen LogP contribution in [-0.2, 0) is 52.2 Å². The third-order valence-electron chi connectivity index (χ3n) is 13.5. The number of aliphatic hydroxyl groups is 6. The Balaban J connectivity index is 1.29. The van der Waals surface area contributed by atoms with Gasteiger partial charge in [-0.3, -0.25) is 14.4 Å². The minimum Gasteiger partial charge on any atom is -0.506 e. The van der Waals surface area contributed by atoms with Crippen LogP contribution < -0.4 is 9.47 Å². The van der Waals surface area contributed by atoms with Gasteiger partial charge in [-0.15, -0.1) is 0 Å². The summed E-state index contributed by atoms with van der Waals surface area (Å²) in [6, 6.07) is 1.62. The molecule has 4 fully saturated rings. The van der Waals surface area contributed by atoms with Crippen LogP contribution in [0.1, 0.15) is 93.1 Å². The lowest BCUT2D eigenvalue weighted by Gasteiger charge is -2.55. The Morgan fingerprint density at radius 3 is 2.24 bits per heavy atom. The molecule has 2 bridgehead atoms. The molecule has 348 valence electrons. The fourth-order valence-corrected chi connectivity index (χ4v) is 10.6. The predicted molar refractivity (Wildman–Crippen MR) is 207 cm³/mol. The molecule has 5 aliphatic heterocycles. The number of esters is 1. The number of aryl methyl sites for hydroxylation is 1. The highest BCUT2D eigenvalue weighted by atomic mass is 16.9. The molecular formula is C42H54O21. The number of Topliss-reactive ketones (excluding diaryl/α,β-unsaturated/α-hetero) is 2. The van der Waals surface area contributed by atoms with E-state index in [1.54, 1.807) is 19.9 Å². The highest BCUT2D eigenvalue weighted by Gasteiger charge is 2.88. The summed E-state index contributed by atoms with van der Waals surface area (Å²) in [4.78, 5) is 38.4. The summed E-state index contributed by atoms with van der Waals surface area (Å²) in [5, 5.41) is 81.3. The van der Waals surface area contributed by atoms with E-state index in [0.29, 0.717) is 5.56 Å². The second-order valence-electron chi connectivity index (χ2n) is 17.4. The monoisotopic (exact) mass is 894 g/mol. The van der Waals surface area contributed by atoms with E-state index in [1.807, 2.05) is 0 Å². The van der Waals surface area contributed by atoms with E-state index in [9.17, 15) is 50.1 Å². The highest BCUT2D eigenvalue weighted by Crippen LogP contribution is 2.68. The molecule has 0 spiro atoms. The molecule has 15 atom stereocenters. The van der Waals surface area contributed by atoms with Crippen molar-refractivity contribution in [3.63, 3.8) is 0 Å². The van der Waals surface area contributed by atoms with Crippen LogP contribution in [0.25, 0.3) is 10.8 Å². The maximum absolute atomic E-state index is 14.1. The van der Waals surface area contributed by atoms with Gasteiger partial charge in [0.05, 0.1) is 49.1 Å². The van der Waals surface area contributed by atoms with E-state index >= 15 is 0 Å². The summed E-state index contributed by atoms with van der Waals surface area (Å²) in [5.74, 6) is -8.27. The summed E-state index contributed by atoms with van der Waals surface area (Å²) in [6.45, 7) is 7.13. The number of hydrogen-bond acceptors (Lipinski definition) is 21. The molecule has 6 aliphatic rings. The lowest BCUT2D eigenvalue weighted by atomic mass is 9.75. The minimum absolute atomic E-state index is 0.00178. The minimum atomic E-state index is -2.80. The number of phenolic OH excluding ortho intramolecular Hbond substituents is 1. The average Bonchev–Trinajstić information content (AvgIpc) is 3.70. The SMILES string of the molecule is COc1c2c(c(O)c3c4c(c(C)cc13)[C@@H]1O[C@@]3(C(OC)OC)O[C@@H]1[C@](O[C@H]1C[C@@H](O)[C@@](O)(C(C)=O)[C@H](C)O1)(O4)[C@@]3(O)CO)C(=O)[C@@H](O)C[C@@H]2O[C@H]1C[C@@](C)(O)[C@H](OC(C)=O)[C@H](C)O1. The molecule has 1 aliphatic carbocycles. The van der Waals surface area contributed by atoms with Gasteiger partial charge in [-0.1, -0.05) is 0 Å². The van der Waals surface area contributed by atoms with E-state index in [4.69, 9.17) is 52.1 Å². The Kier molecular flexibility index (Phi) is 11.3. The third-order valence-corrected chi connectivity index (χ3v) is 13.5. The van der Waals surface area contributed by atoms with Crippen LogP contribution in [0, 0.1) is 6.92 Å². The number of aromatic hydroxyl groups is 1. The van der Waals surface area contributed by atoms with Crippen molar-refractivity contribution in [1.29, 1.82) is 0 Å². The van der Waals surface area contributed by atoms with Crippen LogP contribution in [-0.4, -0.2) is 165 Å². The van der Waals surface area contributed by atoms with Gasteiger partial charge >= 0.3 is 5.97 Å². The number of fused-ring (bicyclic) bond motifs is 6. The fraction of sp³-hybridized carbons (Fsp3) is 0.690. The van der Waals surface area contributed by atoms with Gasteiger partial charge in [-0.25, -0.2) is 0 Å². The Morgan fingerprint density at radius 1 is 0.984 bits per heavy atom. The molecule has 2 aromatic rings. The van der Waals surface area contributed by atoms with Gasteiger partial charge in [0.25, 0.3) is 11.6 Å². The molecule has 0 amide bonds. The average molecular weight is 895 g/mol. The number of benzene rings is 2. The Morgan fingerprint density at radius 2 is 1.67 bits per heavy atom. The topological polar surface area (TPSA) is 294 Å². The first-order valence-electron chi connectivity index (χ1n) is 20.5. The smallest absolute Gasteiger partial charge is 0.303 e. The molecule has 21 nitrogen and oxygen atoms in total. The van der Waals surface area contributed by atoms with Crippen molar-refractivity contribution in [1.82, 2.24) is 0 Å². The Hall–Kier alpha value is -3.65. The van der Waals surface area contributed by atoms with Gasteiger partial charge in [-0.2, -0.15) is 0 Å². The van der Waals surface area contributed by atoms with Crippen LogP contribution in [0.4, 0.5) is 0 Å². The van der Waals surface area contributed by atoms with E-state index < -0.39 is 138 Å². The van der Waals surface area contributed by atoms with E-state index in [-0.39, 0.29) is 46.2 Å². The molecule has 21 heteroatoms. The molecule has 0 saturated carbocycles. The van der Waals surface area contributed by atoms with Crippen molar-refractivity contribution in [2.24, 2.45) is 0 Å². The fourth-order valence-electron chi connectivity index (χ4n) is 10.6. The van der Waals surface area contributed by atoms with E-state index in [2.05, 4.69) is 0 Å². The Bertz CT molecular complexity index is 2190. The lowest BCUT2D eigenvalue weighted by molar-refractivity contribution is -0.429. The molecule has 2 aromatic carbocycles. The third kappa shape index (κ3) is 6.24. The highest BCUT2D eigenvalue weighted by molar-refractivity contribution is 6.13. The molecule has 8 rings (SSSR count). The van der Waals surface area contributed by atoms with E-state index in [1.165, 1.54) is 42.1 Å². The molecule has 7 N–H and O–H groups in total. The second kappa shape index (κ2) is 15.5. The molecule has 0 radical (unpaired) electrons. The number of methoxy groups -OCH3 is 3. The summed E-state index contributed by atoms with van der Waals surface area (Å²) < 4.78 is 67.0. The number of aliphatic hydroxyl groups excluding tert-OH is 3. The number of carbonyl (C=O) groups is 3. The first kappa shape index (κ1) is 45.9. The number of ketones is 2. The number of ether oxygens (including phenoxy) is 11. The quantitative estimate of drug-likeness (QED) is 0.116. The standard InChI is InChI=1S/C42H54O21/c1-15-10-20-27(31(49)29-28(32(20)53-7)22(11-21(46)30(29)48)59-25-13-38(6,50)35(16(2)56-25)58-19(5)45)33-26(15)34-36-41(61-33,39(51,14-43)42(62-34,63-36)37(54-8)55-9)60-24-12-23(47)40(52,17(3)44)18(4)57-24/h10,16,18,21-25,34-37,43,46-47,49-52H,11-14H2,1-9H3/t16-,18-,21-,22-,23+,24-,25-,34-,35+,36-,38+,39-,40+,41-,42-/m0/s1. The maximum Gasteiger partial charge on any atom is 0.303 e. The number of carbonyl (C=O) groups excluding carboxylic acids is 3. The maximum atomic E-state index is 14.1. The molecule has 0 unspecified atom stereocenters. The van der Waals surface area contributed by atoms with Gasteiger partial charge in [0.15, 0.2) is 42.0 Å². The zero-order valence-corrected chi connectivity index (χ0v) is 36.1. The molecule has 63 heavy (non-hydrogen) atoms. The van der Waals surface area contributed by atoms with Gasteiger partial charge in [0, 0.05) is 56.9 Å². The lowest BCUT2D eigenvalue weighted by Crippen LogP contribution is -2.78. The molecular weight excluding hydrogens is 840 g/mol. The molecule has 5 heterocycles. The summed E-state index contributed by atoms with van der Waals surface area (Å²) in [6.07, 6.45) is -16.1. The van der Waals surface area contributed by atoms with Crippen LogP contribution in [0.5, 0.6) is 17.2 Å². The Labute approximate surface area is 360 Å². The van der Waals surface area contributed by atoms with E-state index in [0.717, 1.165) is 6.92 Å². The van der Waals surface area contributed by atoms with Crippen LogP contribution >= 0.6 is 0 Å². The van der Waals surface area contributed by atoms with Crippen molar-refractivity contribution in [3.8, 4) is 17.2 Å². The van der Waals surface area contributed by atoms with Crippen molar-refractivity contribution in [2.45, 2.75) is 157 Å². The van der Waals surface area contributed by atoms with Crippen molar-refractivity contribution in [2.75, 3.05) is 27.9 Å². The normalized spacial score (nSPS) is 41.6. The summed E-state index contributed by atoms with van der Waals surface area (Å²) in [5.41, 5.74) is -6.47. The van der Waals surface area contributed by atoms with Crippen molar-refractivity contribution < 1.29 is 102 Å². The zero-order chi connectivity index (χ0) is 46.1. The number of hydrogen-bond donors (Lipinski definition) is 7. The first-order chi connectivity index (χ1) is 29.5. The zero-order valence-electron chi connectivity index (χ0n) is 36.1. The van der Waals surface area contributed by atoms with Gasteiger partial charge in [-0.05, 0) is 46.2 Å². The van der Waals surface area contributed by atoms with Gasteiger partial charge in [0.1, 0.15) is 35.1 Å². The second-order valence-corrected chi connectivity index (χ2v) is 17.4. The molecule has 0 aromatic heterocycles. The summed E-state index contributed by atoms with van der Waals surface area (Å²) in [7, 11) is 3.78. The molecule has 4 saturated heterocycles. The predicted octanol–water partition coefficient (Wildman–Crippen LogP) is 0.115. The van der Waals surface area contributed by atoms with Gasteiger partial charge in [0.2, 0.25) is 11.9 Å². The van der Waals surface area contributed by atoms with Crippen molar-refractivity contribution >= 4 is 28.3 Å². The number of rotatable bonds is 11.